The molecule has 1 aliphatic carbocycles. The fraction of sp³-hybridized carbons (Fsp3) is 0.593. The summed E-state index contributed by atoms with van der Waals surface area (Å²) in [5.41, 5.74) is 3.95. The first-order valence-electron chi connectivity index (χ1n) is 12.2. The Bertz CT molecular complexity index is 994. The average Bonchev–Trinajstić information content (AvgIpc) is 3.36. The van der Waals surface area contributed by atoms with Crippen LogP contribution in [0, 0.1) is 25.7 Å². The van der Waals surface area contributed by atoms with E-state index >= 15 is 0 Å². The van der Waals surface area contributed by atoms with Gasteiger partial charge in [-0.05, 0) is 44.2 Å². The quantitative estimate of drug-likeness (QED) is 0.612. The fourth-order valence-electron chi connectivity index (χ4n) is 4.52. The molecule has 3 rings (SSSR count). The number of aryl methyl sites for hydroxylation is 2. The molecule has 1 fully saturated rings. The van der Waals surface area contributed by atoms with Crippen molar-refractivity contribution in [2.75, 3.05) is 18.4 Å². The Morgan fingerprint density at radius 2 is 1.82 bits per heavy atom. The van der Waals surface area contributed by atoms with E-state index in [2.05, 4.69) is 65.9 Å². The maximum Gasteiger partial charge on any atom is 0.245 e. The van der Waals surface area contributed by atoms with Crippen LogP contribution >= 0.6 is 0 Å². The number of hydrogen-bond acceptors (Lipinski definition) is 3. The predicted octanol–water partition coefficient (Wildman–Crippen LogP) is 5.40. The Labute approximate surface area is 198 Å². The maximum absolute atomic E-state index is 13.2. The van der Waals surface area contributed by atoms with Gasteiger partial charge in [-0.3, -0.25) is 9.59 Å². The number of hydrogen-bond donors (Lipinski definition) is 1. The van der Waals surface area contributed by atoms with Gasteiger partial charge >= 0.3 is 0 Å². The van der Waals surface area contributed by atoms with Gasteiger partial charge in [0, 0.05) is 23.9 Å². The second-order valence-electron chi connectivity index (χ2n) is 11.0. The Hall–Kier alpha value is -2.63. The van der Waals surface area contributed by atoms with E-state index in [0.717, 1.165) is 42.6 Å². The standard InChI is InChI=1S/C27H40N4O2/c1-18(2)16-30(26(33)21-10-8-9-11-21)17-25(32)28-24-15-23(27(5,6)7)29-31(24)22-13-12-19(3)14-20(22)4/h12-15,18,21H,8-11,16-17H2,1-7H3,(H,28,32). The molecule has 1 aromatic heterocycles. The number of carbonyl (C=O) groups excluding carboxylic acids is 2. The van der Waals surface area contributed by atoms with Crippen LogP contribution < -0.4 is 5.32 Å². The molecule has 0 unspecified atom stereocenters. The van der Waals surface area contributed by atoms with Gasteiger partial charge in [-0.2, -0.15) is 5.10 Å². The summed E-state index contributed by atoms with van der Waals surface area (Å²) < 4.78 is 1.82. The van der Waals surface area contributed by atoms with E-state index in [1.165, 1.54) is 5.56 Å². The van der Waals surface area contributed by atoms with Crippen LogP contribution in [0.5, 0.6) is 0 Å². The Kier molecular flexibility index (Phi) is 7.65. The highest BCUT2D eigenvalue weighted by atomic mass is 16.2. The fourth-order valence-corrected chi connectivity index (χ4v) is 4.52. The molecule has 1 aliphatic rings. The molecule has 1 aromatic carbocycles. The highest BCUT2D eigenvalue weighted by Gasteiger charge is 2.29. The van der Waals surface area contributed by atoms with Gasteiger partial charge in [0.2, 0.25) is 11.8 Å². The predicted molar refractivity (Wildman–Crippen MR) is 134 cm³/mol. The van der Waals surface area contributed by atoms with E-state index < -0.39 is 0 Å². The minimum atomic E-state index is -0.187. The zero-order valence-electron chi connectivity index (χ0n) is 21.4. The number of nitrogens with zero attached hydrogens (tertiary/aromatic N) is 3. The summed E-state index contributed by atoms with van der Waals surface area (Å²) in [6.07, 6.45) is 4.07. The van der Waals surface area contributed by atoms with Gasteiger partial charge in [0.15, 0.2) is 0 Å². The molecule has 0 radical (unpaired) electrons. The molecular weight excluding hydrogens is 412 g/mol. The van der Waals surface area contributed by atoms with Gasteiger partial charge in [-0.15, -0.1) is 0 Å². The molecule has 0 bridgehead atoms. The molecule has 2 amide bonds. The lowest BCUT2D eigenvalue weighted by Gasteiger charge is -2.27. The Morgan fingerprint density at radius 3 is 2.39 bits per heavy atom. The molecule has 2 aromatic rings. The first-order chi connectivity index (χ1) is 15.5. The normalized spacial score (nSPS) is 14.7. The lowest BCUT2D eigenvalue weighted by molar-refractivity contribution is -0.138. The number of amides is 2. The average molecular weight is 453 g/mol. The third kappa shape index (κ3) is 6.24. The number of rotatable bonds is 7. The third-order valence-electron chi connectivity index (χ3n) is 6.26. The largest absolute Gasteiger partial charge is 0.333 e. The smallest absolute Gasteiger partial charge is 0.245 e. The molecular formula is C27H40N4O2. The van der Waals surface area contributed by atoms with E-state index in [1.807, 2.05) is 16.8 Å². The van der Waals surface area contributed by atoms with Crippen LogP contribution in [-0.2, 0) is 15.0 Å². The number of aromatic nitrogens is 2. The summed E-state index contributed by atoms with van der Waals surface area (Å²) in [4.78, 5) is 28.0. The number of benzene rings is 1. The van der Waals surface area contributed by atoms with E-state index in [-0.39, 0.29) is 29.7 Å². The molecule has 33 heavy (non-hydrogen) atoms. The molecule has 180 valence electrons. The topological polar surface area (TPSA) is 67.2 Å². The molecule has 1 saturated carbocycles. The van der Waals surface area contributed by atoms with Crippen molar-refractivity contribution in [3.05, 3.63) is 41.1 Å². The second-order valence-corrected chi connectivity index (χ2v) is 11.0. The van der Waals surface area contributed by atoms with Gasteiger partial charge in [-0.1, -0.05) is 65.2 Å². The van der Waals surface area contributed by atoms with Crippen molar-refractivity contribution < 1.29 is 9.59 Å². The lowest BCUT2D eigenvalue weighted by Crippen LogP contribution is -2.42. The van der Waals surface area contributed by atoms with Gasteiger partial charge in [0.05, 0.1) is 17.9 Å². The van der Waals surface area contributed by atoms with Gasteiger partial charge in [0.1, 0.15) is 5.82 Å². The van der Waals surface area contributed by atoms with Crippen molar-refractivity contribution in [1.82, 2.24) is 14.7 Å². The molecule has 0 spiro atoms. The van der Waals surface area contributed by atoms with Crippen LogP contribution in [0.25, 0.3) is 5.69 Å². The van der Waals surface area contributed by atoms with Crippen LogP contribution in [0.2, 0.25) is 0 Å². The molecule has 0 aliphatic heterocycles. The first-order valence-corrected chi connectivity index (χ1v) is 12.2. The monoisotopic (exact) mass is 452 g/mol. The highest BCUT2D eigenvalue weighted by molar-refractivity contribution is 5.94. The van der Waals surface area contributed by atoms with Crippen molar-refractivity contribution in [3.63, 3.8) is 0 Å². The van der Waals surface area contributed by atoms with Crippen molar-refractivity contribution in [2.24, 2.45) is 11.8 Å². The number of anilines is 1. The number of nitrogens with one attached hydrogen (secondary N) is 1. The highest BCUT2D eigenvalue weighted by Crippen LogP contribution is 2.29. The van der Waals surface area contributed by atoms with E-state index in [1.54, 1.807) is 4.90 Å². The maximum atomic E-state index is 13.2. The minimum Gasteiger partial charge on any atom is -0.333 e. The van der Waals surface area contributed by atoms with Gasteiger partial charge in [0.25, 0.3) is 0 Å². The van der Waals surface area contributed by atoms with Crippen molar-refractivity contribution in [1.29, 1.82) is 0 Å². The van der Waals surface area contributed by atoms with Crippen LogP contribution in [-0.4, -0.2) is 39.6 Å². The molecule has 1 N–H and O–H groups in total. The van der Waals surface area contributed by atoms with Crippen LogP contribution in [0.3, 0.4) is 0 Å². The Balaban J connectivity index is 1.86. The summed E-state index contributed by atoms with van der Waals surface area (Å²) in [6.45, 7) is 15.3. The number of carbonyl (C=O) groups is 2. The molecule has 6 nitrogen and oxygen atoms in total. The molecule has 6 heteroatoms. The van der Waals surface area contributed by atoms with Gasteiger partial charge in [-0.25, -0.2) is 4.68 Å². The lowest BCUT2D eigenvalue weighted by atomic mass is 9.92. The van der Waals surface area contributed by atoms with E-state index in [4.69, 9.17) is 5.10 Å². The zero-order chi connectivity index (χ0) is 24.3. The summed E-state index contributed by atoms with van der Waals surface area (Å²) >= 11 is 0. The minimum absolute atomic E-state index is 0.0600. The van der Waals surface area contributed by atoms with Crippen molar-refractivity contribution >= 4 is 17.6 Å². The van der Waals surface area contributed by atoms with E-state index in [9.17, 15) is 9.59 Å². The molecule has 0 atom stereocenters. The summed E-state index contributed by atoms with van der Waals surface area (Å²) in [5.74, 6) is 0.929. The molecule has 1 heterocycles. The SMILES string of the molecule is Cc1ccc(-n2nc(C(C)(C)C)cc2NC(=O)CN(CC(C)C)C(=O)C2CCCC2)c(C)c1. The first kappa shape index (κ1) is 25.0. The van der Waals surface area contributed by atoms with Crippen molar-refractivity contribution in [3.8, 4) is 5.69 Å². The van der Waals surface area contributed by atoms with Crippen LogP contribution in [0.1, 0.15) is 77.1 Å². The second kappa shape index (κ2) is 10.1. The van der Waals surface area contributed by atoms with Crippen LogP contribution in [0.15, 0.2) is 24.3 Å². The molecule has 0 saturated heterocycles. The van der Waals surface area contributed by atoms with Crippen LogP contribution in [0.4, 0.5) is 5.82 Å². The zero-order valence-corrected chi connectivity index (χ0v) is 21.4. The summed E-state index contributed by atoms with van der Waals surface area (Å²) in [7, 11) is 0. The van der Waals surface area contributed by atoms with Gasteiger partial charge < -0.3 is 10.2 Å². The summed E-state index contributed by atoms with van der Waals surface area (Å²) in [5, 5.41) is 7.90. The summed E-state index contributed by atoms with van der Waals surface area (Å²) in [6, 6.07) is 8.15. The third-order valence-corrected chi connectivity index (χ3v) is 6.26. The van der Waals surface area contributed by atoms with Crippen molar-refractivity contribution in [2.45, 2.75) is 79.6 Å². The Morgan fingerprint density at radius 1 is 1.15 bits per heavy atom. The van der Waals surface area contributed by atoms with E-state index in [0.29, 0.717) is 18.3 Å².